The molecule has 1 N–H and O–H groups in total. The Bertz CT molecular complexity index is 207. The van der Waals surface area contributed by atoms with Gasteiger partial charge >= 0.3 is 0 Å². The maximum atomic E-state index is 9.15. The molecule has 108 valence electrons. The van der Waals surface area contributed by atoms with Crippen molar-refractivity contribution in [3.8, 4) is 0 Å². The van der Waals surface area contributed by atoms with Gasteiger partial charge in [0, 0.05) is 19.7 Å². The quantitative estimate of drug-likeness (QED) is 0.761. The molecule has 0 bridgehead atoms. The van der Waals surface area contributed by atoms with Crippen molar-refractivity contribution in [1.29, 1.82) is 0 Å². The van der Waals surface area contributed by atoms with Crippen LogP contribution in [0.5, 0.6) is 0 Å². The van der Waals surface area contributed by atoms with E-state index in [0.29, 0.717) is 17.9 Å². The fraction of sp³-hybridized carbons (Fsp3) is 1.00. The number of aliphatic hydroxyl groups excluding tert-OH is 1. The molecule has 1 saturated heterocycles. The number of morpholine rings is 1. The van der Waals surface area contributed by atoms with Crippen molar-refractivity contribution < 1.29 is 9.84 Å². The van der Waals surface area contributed by atoms with Crippen molar-refractivity contribution >= 4 is 0 Å². The number of ether oxygens (including phenoxy) is 1. The fourth-order valence-electron chi connectivity index (χ4n) is 2.83. The molecule has 1 aliphatic rings. The zero-order valence-corrected chi connectivity index (χ0v) is 12.5. The van der Waals surface area contributed by atoms with E-state index in [1.54, 1.807) is 0 Å². The minimum atomic E-state index is 0.332. The van der Waals surface area contributed by atoms with Gasteiger partial charge in [-0.2, -0.15) is 0 Å². The molecule has 0 radical (unpaired) electrons. The highest BCUT2D eigenvalue weighted by Gasteiger charge is 2.18. The van der Waals surface area contributed by atoms with Gasteiger partial charge < -0.3 is 9.84 Å². The Kier molecular flexibility index (Phi) is 7.20. The first-order valence-corrected chi connectivity index (χ1v) is 7.42. The summed E-state index contributed by atoms with van der Waals surface area (Å²) in [4.78, 5) is 2.50. The maximum absolute atomic E-state index is 9.15. The first kappa shape index (κ1) is 15.9. The van der Waals surface area contributed by atoms with E-state index in [9.17, 15) is 0 Å². The number of nitrogens with zero attached hydrogens (tertiary/aromatic N) is 1. The monoisotopic (exact) mass is 257 g/mol. The molecule has 1 aliphatic heterocycles. The summed E-state index contributed by atoms with van der Waals surface area (Å²) in [6.45, 7) is 12.4. The molecule has 0 aromatic rings. The second-order valence-electron chi connectivity index (χ2n) is 6.74. The maximum Gasteiger partial charge on any atom is 0.0594 e. The first-order chi connectivity index (χ1) is 8.51. The van der Waals surface area contributed by atoms with Crippen LogP contribution in [0.1, 0.15) is 46.5 Å². The molecule has 18 heavy (non-hydrogen) atoms. The molecule has 1 rings (SSSR count). The van der Waals surface area contributed by atoms with Gasteiger partial charge in [0.15, 0.2) is 0 Å². The molecule has 0 aromatic carbocycles. The highest BCUT2D eigenvalue weighted by molar-refractivity contribution is 4.71. The lowest BCUT2D eigenvalue weighted by Gasteiger charge is -2.29. The van der Waals surface area contributed by atoms with Crippen LogP contribution >= 0.6 is 0 Å². The van der Waals surface area contributed by atoms with Gasteiger partial charge in [-0.15, -0.1) is 0 Å². The van der Waals surface area contributed by atoms with Crippen molar-refractivity contribution in [2.45, 2.75) is 46.5 Å². The number of aliphatic hydroxyl groups is 1. The normalized spacial score (nSPS) is 20.0. The molecule has 0 aliphatic carbocycles. The zero-order valence-electron chi connectivity index (χ0n) is 12.5. The van der Waals surface area contributed by atoms with Gasteiger partial charge in [0.2, 0.25) is 0 Å². The highest BCUT2D eigenvalue weighted by atomic mass is 16.5. The molecule has 1 atom stereocenters. The van der Waals surface area contributed by atoms with E-state index in [2.05, 4.69) is 25.7 Å². The third-order valence-electron chi connectivity index (χ3n) is 3.63. The Balaban J connectivity index is 2.19. The summed E-state index contributed by atoms with van der Waals surface area (Å²) in [5, 5.41) is 9.15. The van der Waals surface area contributed by atoms with E-state index in [4.69, 9.17) is 9.84 Å². The van der Waals surface area contributed by atoms with Gasteiger partial charge in [-0.1, -0.05) is 20.8 Å². The summed E-state index contributed by atoms with van der Waals surface area (Å²) in [6.07, 6.45) is 4.67. The van der Waals surface area contributed by atoms with Gasteiger partial charge in [-0.05, 0) is 43.6 Å². The molecule has 3 heteroatoms. The van der Waals surface area contributed by atoms with E-state index in [1.807, 2.05) is 0 Å². The van der Waals surface area contributed by atoms with Gasteiger partial charge in [0.25, 0.3) is 0 Å². The Hall–Kier alpha value is -0.120. The Morgan fingerprint density at radius 3 is 2.39 bits per heavy atom. The summed E-state index contributed by atoms with van der Waals surface area (Å²) < 4.78 is 5.36. The lowest BCUT2D eigenvalue weighted by molar-refractivity contribution is 0.0362. The molecular weight excluding hydrogens is 226 g/mol. The summed E-state index contributed by atoms with van der Waals surface area (Å²) in [7, 11) is 0. The van der Waals surface area contributed by atoms with Gasteiger partial charge in [-0.3, -0.25) is 4.90 Å². The average Bonchev–Trinajstić information content (AvgIpc) is 2.28. The van der Waals surface area contributed by atoms with E-state index in [-0.39, 0.29) is 0 Å². The molecule has 0 spiro atoms. The predicted octanol–water partition coefficient (Wildman–Crippen LogP) is 2.53. The third-order valence-corrected chi connectivity index (χ3v) is 3.63. The minimum Gasteiger partial charge on any atom is -0.396 e. The molecule has 3 nitrogen and oxygen atoms in total. The van der Waals surface area contributed by atoms with Crippen LogP contribution < -0.4 is 0 Å². The summed E-state index contributed by atoms with van der Waals surface area (Å²) in [5.41, 5.74) is 0.374. The van der Waals surface area contributed by atoms with Crippen LogP contribution in [0, 0.1) is 11.3 Å². The van der Waals surface area contributed by atoms with Crippen LogP contribution in [0.2, 0.25) is 0 Å². The lowest BCUT2D eigenvalue weighted by Crippen LogP contribution is -2.37. The Labute approximate surface area is 113 Å². The van der Waals surface area contributed by atoms with Gasteiger partial charge in [-0.25, -0.2) is 0 Å². The van der Waals surface area contributed by atoms with Gasteiger partial charge in [0.1, 0.15) is 0 Å². The van der Waals surface area contributed by atoms with Crippen molar-refractivity contribution in [3.05, 3.63) is 0 Å². The van der Waals surface area contributed by atoms with E-state index in [1.165, 1.54) is 25.8 Å². The standard InChI is InChI=1S/C15H31NO2/c1-15(2,3)13-14(6-10-17)5-4-7-16-8-11-18-12-9-16/h14,17H,4-13H2,1-3H3/t14-/m1/s1. The van der Waals surface area contributed by atoms with Crippen LogP contribution in [0.25, 0.3) is 0 Å². The zero-order chi connectivity index (χ0) is 13.4. The van der Waals surface area contributed by atoms with E-state index < -0.39 is 0 Å². The number of hydrogen-bond donors (Lipinski definition) is 1. The van der Waals surface area contributed by atoms with Crippen LogP contribution in [0.4, 0.5) is 0 Å². The molecular formula is C15H31NO2. The largest absolute Gasteiger partial charge is 0.396 e. The molecule has 1 fully saturated rings. The third kappa shape index (κ3) is 7.34. The van der Waals surface area contributed by atoms with Gasteiger partial charge in [0.05, 0.1) is 13.2 Å². The molecule has 1 heterocycles. The van der Waals surface area contributed by atoms with Crippen LogP contribution in [-0.2, 0) is 4.74 Å². The molecule has 0 saturated carbocycles. The first-order valence-electron chi connectivity index (χ1n) is 7.42. The summed E-state index contributed by atoms with van der Waals surface area (Å²) in [5.74, 6) is 0.677. The van der Waals surface area contributed by atoms with Crippen molar-refractivity contribution in [1.82, 2.24) is 4.90 Å². The van der Waals surface area contributed by atoms with Crippen molar-refractivity contribution in [2.75, 3.05) is 39.5 Å². The Morgan fingerprint density at radius 2 is 1.83 bits per heavy atom. The average molecular weight is 257 g/mol. The van der Waals surface area contributed by atoms with Crippen LogP contribution in [-0.4, -0.2) is 49.5 Å². The minimum absolute atomic E-state index is 0.332. The summed E-state index contributed by atoms with van der Waals surface area (Å²) >= 11 is 0. The van der Waals surface area contributed by atoms with E-state index in [0.717, 1.165) is 32.7 Å². The predicted molar refractivity (Wildman–Crippen MR) is 75.8 cm³/mol. The molecule has 0 amide bonds. The highest BCUT2D eigenvalue weighted by Crippen LogP contribution is 2.29. The molecule has 0 unspecified atom stereocenters. The van der Waals surface area contributed by atoms with Crippen molar-refractivity contribution in [3.63, 3.8) is 0 Å². The summed E-state index contributed by atoms with van der Waals surface area (Å²) in [6, 6.07) is 0. The fourth-order valence-corrected chi connectivity index (χ4v) is 2.83. The number of rotatable bonds is 7. The smallest absolute Gasteiger partial charge is 0.0594 e. The SMILES string of the molecule is CC(C)(C)C[C@@H](CCO)CCCN1CCOCC1. The molecule has 0 aromatic heterocycles. The lowest BCUT2D eigenvalue weighted by atomic mass is 9.81. The van der Waals surface area contributed by atoms with Crippen LogP contribution in [0.15, 0.2) is 0 Å². The second-order valence-corrected chi connectivity index (χ2v) is 6.74. The number of hydrogen-bond acceptors (Lipinski definition) is 3. The Morgan fingerprint density at radius 1 is 1.17 bits per heavy atom. The van der Waals surface area contributed by atoms with E-state index >= 15 is 0 Å². The second kappa shape index (κ2) is 8.13. The topological polar surface area (TPSA) is 32.7 Å². The van der Waals surface area contributed by atoms with Crippen LogP contribution in [0.3, 0.4) is 0 Å². The van der Waals surface area contributed by atoms with Crippen molar-refractivity contribution in [2.24, 2.45) is 11.3 Å².